The first-order valence-electron chi connectivity index (χ1n) is 24.7. The highest BCUT2D eigenvalue weighted by molar-refractivity contribution is 6.96. The Bertz CT molecular complexity index is 3260. The maximum Gasteiger partial charge on any atom is 0.265 e. The van der Waals surface area contributed by atoms with E-state index in [1.165, 1.54) is 63.3 Å². The Labute approximate surface area is 474 Å². The number of rotatable bonds is 16. The van der Waals surface area contributed by atoms with E-state index >= 15 is 0 Å². The van der Waals surface area contributed by atoms with Gasteiger partial charge in [0.15, 0.2) is 175 Å². The van der Waals surface area contributed by atoms with Gasteiger partial charge in [-0.1, -0.05) is 70.4 Å². The van der Waals surface area contributed by atoms with Crippen LogP contribution in [-0.4, -0.2) is 23.4 Å². The van der Waals surface area contributed by atoms with Crippen molar-refractivity contribution in [2.45, 2.75) is 71.1 Å². The number of para-hydroxylation sites is 2. The van der Waals surface area contributed by atoms with Crippen LogP contribution in [0.25, 0.3) is 11.0 Å². The normalized spacial score (nSPS) is 11.4. The molecule has 0 fully saturated rings. The smallest absolute Gasteiger partial charge is 0.265 e. The second kappa shape index (κ2) is 28.0. The standard InChI is InChI=1S/2C18BF15.C18H28N2/c2*20-4-1(5(21)11(27)16(32)10(4)26)19(2-6(22)12(28)17(33)13(29)7(2)23)3-8(24)14(30)18(34)15(31)9(3)25;1-2-3-4-5-6-7-8-9-10-15-18-19-16-13-11-12-14-17(16)20-18/h;;11-14H,2-10,15H2,1H3,(H,19,20). The number of H-pyrrole nitrogens is 1. The Hall–Kier alpha value is -7.96. The summed E-state index contributed by atoms with van der Waals surface area (Å²) in [5, 5.41) is 0. The molecule has 0 amide bonds. The number of imidazole rings is 1. The molecule has 470 valence electrons. The highest BCUT2D eigenvalue weighted by Gasteiger charge is 2.47. The van der Waals surface area contributed by atoms with Crippen molar-refractivity contribution >= 4 is 57.2 Å². The maximum absolute atomic E-state index is 14.4. The molecule has 8 aromatic rings. The van der Waals surface area contributed by atoms with Crippen LogP contribution in [0.4, 0.5) is 132 Å². The van der Waals surface area contributed by atoms with E-state index in [-0.39, 0.29) is 0 Å². The van der Waals surface area contributed by atoms with Crippen LogP contribution in [0.15, 0.2) is 24.3 Å². The number of hydrogen-bond donors (Lipinski definition) is 1. The predicted octanol–water partition coefficient (Wildman–Crippen LogP) is 14.2. The van der Waals surface area contributed by atoms with Crippen LogP contribution in [-0.2, 0) is 6.42 Å². The minimum atomic E-state index is -3.96. The molecule has 0 saturated carbocycles. The van der Waals surface area contributed by atoms with Crippen LogP contribution in [0.1, 0.15) is 70.5 Å². The number of aryl methyl sites for hydroxylation is 1. The van der Waals surface area contributed by atoms with E-state index in [1.807, 2.05) is 6.07 Å². The van der Waals surface area contributed by atoms with Crippen LogP contribution >= 0.6 is 0 Å². The molecule has 0 aliphatic carbocycles. The molecule has 7 aromatic carbocycles. The number of fused-ring (bicyclic) bond motifs is 1. The van der Waals surface area contributed by atoms with E-state index in [9.17, 15) is 132 Å². The lowest BCUT2D eigenvalue weighted by Crippen LogP contribution is -2.60. The van der Waals surface area contributed by atoms with Crippen molar-refractivity contribution in [1.82, 2.24) is 9.97 Å². The highest BCUT2D eigenvalue weighted by Crippen LogP contribution is 2.27. The lowest BCUT2D eigenvalue weighted by molar-refractivity contribution is 0.380. The number of aromatic nitrogens is 2. The average Bonchev–Trinajstić information content (AvgIpc) is 1.03. The molecule has 0 unspecified atom stereocenters. The van der Waals surface area contributed by atoms with E-state index in [2.05, 4.69) is 35.1 Å². The Morgan fingerprint density at radius 3 is 0.670 bits per heavy atom. The third-order valence-electron chi connectivity index (χ3n) is 13.2. The number of nitrogens with zero attached hydrogens (tertiary/aromatic N) is 1. The second-order valence-corrected chi connectivity index (χ2v) is 18.5. The number of aromatic amines is 1. The van der Waals surface area contributed by atoms with E-state index in [1.54, 1.807) is 0 Å². The minimum absolute atomic E-state index is 1.09. The highest BCUT2D eigenvalue weighted by atomic mass is 19.2. The van der Waals surface area contributed by atoms with Gasteiger partial charge >= 0.3 is 0 Å². The molecule has 1 heterocycles. The summed E-state index contributed by atoms with van der Waals surface area (Å²) in [6.07, 6.45) is 13.5. The van der Waals surface area contributed by atoms with Crippen molar-refractivity contribution in [3.05, 3.63) is 205 Å². The topological polar surface area (TPSA) is 28.7 Å². The molecule has 0 spiro atoms. The molecule has 0 bridgehead atoms. The van der Waals surface area contributed by atoms with E-state index < -0.39 is 221 Å². The molecule has 0 radical (unpaired) electrons. The van der Waals surface area contributed by atoms with Crippen molar-refractivity contribution in [3.8, 4) is 0 Å². The maximum atomic E-state index is 14.4. The van der Waals surface area contributed by atoms with Crippen LogP contribution in [0.3, 0.4) is 0 Å². The van der Waals surface area contributed by atoms with Crippen LogP contribution in [0.2, 0.25) is 0 Å². The molecular weight excluding hydrogens is 1270 g/mol. The number of benzene rings is 7. The largest absolute Gasteiger partial charge is 0.342 e. The first kappa shape index (κ1) is 69.1. The van der Waals surface area contributed by atoms with Gasteiger partial charge < -0.3 is 4.98 Å². The fourth-order valence-electron chi connectivity index (χ4n) is 8.85. The monoisotopic (exact) mass is 1300 g/mol. The van der Waals surface area contributed by atoms with Gasteiger partial charge in [0.1, 0.15) is 5.82 Å². The number of unbranched alkanes of at least 4 members (excludes halogenated alkanes) is 8. The Kier molecular flexibility index (Phi) is 22.0. The zero-order valence-corrected chi connectivity index (χ0v) is 43.3. The van der Waals surface area contributed by atoms with Crippen molar-refractivity contribution in [1.29, 1.82) is 0 Å². The molecule has 0 aliphatic heterocycles. The van der Waals surface area contributed by atoms with Gasteiger partial charge in [-0.15, -0.1) is 0 Å². The summed E-state index contributed by atoms with van der Waals surface area (Å²) >= 11 is 0. The molecule has 1 aromatic heterocycles. The van der Waals surface area contributed by atoms with Gasteiger partial charge in [-0.05, 0) is 18.6 Å². The fourth-order valence-corrected chi connectivity index (χ4v) is 8.85. The molecule has 8 rings (SSSR count). The summed E-state index contributed by atoms with van der Waals surface area (Å²) in [5.74, 6) is -89.3. The minimum Gasteiger partial charge on any atom is -0.342 e. The molecule has 2 nitrogen and oxygen atoms in total. The average molecular weight is 1300 g/mol. The van der Waals surface area contributed by atoms with Crippen molar-refractivity contribution < 1.29 is 132 Å². The summed E-state index contributed by atoms with van der Waals surface area (Å²) in [6, 6.07) is 8.28. The SMILES string of the molecule is CCCCCCCCCCCc1nc2ccccc2[nH]1.Fc1c(F)c(F)c(B(c2c(F)c(F)c(F)c(F)c2F)c2c(F)c(F)c(F)c(F)c2F)c(F)c1F.Fc1c(F)c(F)c(B(c2c(F)c(F)c(F)c(F)c2F)c2c(F)c(F)c(F)c(F)c2F)c(F)c1F. The van der Waals surface area contributed by atoms with Gasteiger partial charge in [-0.2, -0.15) is 0 Å². The lowest BCUT2D eigenvalue weighted by atomic mass is 9.36. The van der Waals surface area contributed by atoms with Crippen molar-refractivity contribution in [2.75, 3.05) is 0 Å². The van der Waals surface area contributed by atoms with Crippen LogP contribution in [0, 0.1) is 175 Å². The zero-order chi connectivity index (χ0) is 66.0. The Morgan fingerprint density at radius 1 is 0.261 bits per heavy atom. The van der Waals surface area contributed by atoms with Gasteiger partial charge in [0.2, 0.25) is 0 Å². The number of halogens is 30. The molecule has 1 N–H and O–H groups in total. The summed E-state index contributed by atoms with van der Waals surface area (Å²) < 4.78 is 417. The van der Waals surface area contributed by atoms with Crippen molar-refractivity contribution in [2.24, 2.45) is 0 Å². The summed E-state index contributed by atoms with van der Waals surface area (Å²) in [7, 11) is 0. The Balaban J connectivity index is 0.000000218. The molecule has 0 aliphatic rings. The van der Waals surface area contributed by atoms with Gasteiger partial charge in [-0.25, -0.2) is 137 Å². The number of hydrogen-bond acceptors (Lipinski definition) is 1. The summed E-state index contributed by atoms with van der Waals surface area (Å²) in [4.78, 5) is 8.03. The Morgan fingerprint density at radius 2 is 0.455 bits per heavy atom. The van der Waals surface area contributed by atoms with Crippen LogP contribution < -0.4 is 32.8 Å². The molecule has 0 saturated heterocycles. The quantitative estimate of drug-likeness (QED) is 0.0337. The van der Waals surface area contributed by atoms with E-state index in [0.717, 1.165) is 17.8 Å². The van der Waals surface area contributed by atoms with E-state index in [4.69, 9.17) is 0 Å². The third-order valence-corrected chi connectivity index (χ3v) is 13.2. The molecule has 34 heteroatoms. The second-order valence-electron chi connectivity index (χ2n) is 18.5. The van der Waals surface area contributed by atoms with Gasteiger partial charge in [0.25, 0.3) is 13.4 Å². The van der Waals surface area contributed by atoms with Gasteiger partial charge in [-0.3, -0.25) is 0 Å². The van der Waals surface area contributed by atoms with E-state index in [0.29, 0.717) is 0 Å². The predicted molar refractivity (Wildman–Crippen MR) is 254 cm³/mol. The molecular formula is C54H28B2F30N2. The lowest BCUT2D eigenvalue weighted by Gasteiger charge is -2.21. The third kappa shape index (κ3) is 12.8. The number of nitrogens with one attached hydrogen (secondary N) is 1. The molecule has 88 heavy (non-hydrogen) atoms. The molecule has 0 atom stereocenters. The van der Waals surface area contributed by atoms with Crippen LogP contribution in [0.5, 0.6) is 0 Å². The van der Waals surface area contributed by atoms with Gasteiger partial charge in [0, 0.05) is 39.2 Å². The first-order valence-corrected chi connectivity index (χ1v) is 24.7. The summed E-state index contributed by atoms with van der Waals surface area (Å²) in [5.41, 5.74) is -13.8. The first-order chi connectivity index (χ1) is 41.2. The fraction of sp³-hybridized carbons (Fsp3) is 0.204. The van der Waals surface area contributed by atoms with Gasteiger partial charge in [0.05, 0.1) is 11.0 Å². The summed E-state index contributed by atoms with van der Waals surface area (Å²) in [6.45, 7) is -5.64. The zero-order valence-electron chi connectivity index (χ0n) is 43.3. The van der Waals surface area contributed by atoms with Crippen molar-refractivity contribution in [3.63, 3.8) is 0 Å².